The average molecular weight is 293 g/mol. The number of thiophene rings is 1. The predicted molar refractivity (Wildman–Crippen MR) is 81.6 cm³/mol. The number of nitrogens with one attached hydrogen (secondary N) is 1. The number of hydrogen-bond donors (Lipinski definition) is 1. The van der Waals surface area contributed by atoms with Gasteiger partial charge < -0.3 is 9.80 Å². The van der Waals surface area contributed by atoms with Gasteiger partial charge in [-0.1, -0.05) is 0 Å². The van der Waals surface area contributed by atoms with Crippen LogP contribution in [0.1, 0.15) is 38.4 Å². The van der Waals surface area contributed by atoms with Crippen LogP contribution in [0.2, 0.25) is 0 Å². The maximum Gasteiger partial charge on any atom is 0.244 e. The van der Waals surface area contributed by atoms with Gasteiger partial charge in [-0.2, -0.15) is 11.3 Å². The van der Waals surface area contributed by atoms with Crippen molar-refractivity contribution in [3.8, 4) is 0 Å². The summed E-state index contributed by atoms with van der Waals surface area (Å²) in [4.78, 5) is 17.0. The number of carbonyl (C=O) groups excluding carboxylic acids is 1. The van der Waals surface area contributed by atoms with E-state index in [4.69, 9.17) is 0 Å². The summed E-state index contributed by atoms with van der Waals surface area (Å²) >= 11 is 1.69. The Morgan fingerprint density at radius 1 is 1.50 bits per heavy atom. The number of rotatable bonds is 4. The summed E-state index contributed by atoms with van der Waals surface area (Å²) in [6.07, 6.45) is 1.99. The minimum atomic E-state index is -0.255. The molecule has 110 valence electrons. The lowest BCUT2D eigenvalue weighted by atomic mass is 10.0. The van der Waals surface area contributed by atoms with E-state index in [0.717, 1.165) is 19.4 Å². The summed E-state index contributed by atoms with van der Waals surface area (Å²) in [5.41, 5.74) is 0.919. The largest absolute Gasteiger partial charge is 0.319 e. The van der Waals surface area contributed by atoms with Gasteiger partial charge >= 0.3 is 0 Å². The van der Waals surface area contributed by atoms with Crippen molar-refractivity contribution >= 4 is 17.2 Å². The van der Waals surface area contributed by atoms with Crippen LogP contribution in [0.4, 0.5) is 0 Å². The number of nitrogens with zero attached hydrogens (tertiary/aromatic N) is 2. The molecule has 2 fully saturated rings. The highest BCUT2D eigenvalue weighted by molar-refractivity contribution is 7.07. The molecule has 3 rings (SSSR count). The van der Waals surface area contributed by atoms with Crippen molar-refractivity contribution in [3.63, 3.8) is 0 Å². The van der Waals surface area contributed by atoms with E-state index in [1.54, 1.807) is 11.3 Å². The Bertz CT molecular complexity index is 505. The third-order valence-corrected chi connectivity index (χ3v) is 5.47. The van der Waals surface area contributed by atoms with E-state index in [1.807, 2.05) is 4.90 Å². The summed E-state index contributed by atoms with van der Waals surface area (Å²) in [6.45, 7) is 5.11. The molecule has 2 heterocycles. The molecule has 5 heteroatoms. The van der Waals surface area contributed by atoms with Gasteiger partial charge in [-0.25, -0.2) is 0 Å². The summed E-state index contributed by atoms with van der Waals surface area (Å²) < 4.78 is 0. The maximum atomic E-state index is 12.7. The van der Waals surface area contributed by atoms with Crippen LogP contribution in [-0.4, -0.2) is 47.4 Å². The first kappa shape index (κ1) is 14.0. The highest BCUT2D eigenvalue weighted by Gasteiger charge is 2.59. The standard InChI is InChI=1S/C15H23N3OS/c1-14(2,17(3)4)10-18-12(11-5-8-20-9-11)16-15(6-7-15)13(18)19/h5,8-9,12,16H,6-7,10H2,1-4H3. The first-order valence-corrected chi connectivity index (χ1v) is 8.08. The molecule has 1 unspecified atom stereocenters. The Morgan fingerprint density at radius 3 is 2.70 bits per heavy atom. The lowest BCUT2D eigenvalue weighted by Crippen LogP contribution is -2.50. The van der Waals surface area contributed by atoms with Crippen molar-refractivity contribution < 1.29 is 4.79 Å². The molecule has 1 saturated carbocycles. The van der Waals surface area contributed by atoms with Gasteiger partial charge in [0.1, 0.15) is 11.7 Å². The second-order valence-electron chi connectivity index (χ2n) is 6.83. The molecule has 1 aromatic heterocycles. The molecule has 20 heavy (non-hydrogen) atoms. The molecular formula is C15H23N3OS. The third-order valence-electron chi connectivity index (χ3n) is 4.77. The predicted octanol–water partition coefficient (Wildman–Crippen LogP) is 2.05. The molecule has 0 aromatic carbocycles. The minimum Gasteiger partial charge on any atom is -0.319 e. The molecule has 1 N–H and O–H groups in total. The smallest absolute Gasteiger partial charge is 0.244 e. The van der Waals surface area contributed by atoms with Gasteiger partial charge in [0, 0.05) is 12.1 Å². The van der Waals surface area contributed by atoms with Crippen LogP contribution in [0, 0.1) is 0 Å². The summed E-state index contributed by atoms with van der Waals surface area (Å²) in [7, 11) is 4.14. The fourth-order valence-corrected chi connectivity index (χ4v) is 3.37. The Kier molecular flexibility index (Phi) is 3.19. The van der Waals surface area contributed by atoms with E-state index in [9.17, 15) is 4.79 Å². The first-order valence-electron chi connectivity index (χ1n) is 7.14. The van der Waals surface area contributed by atoms with Crippen molar-refractivity contribution in [3.05, 3.63) is 22.4 Å². The van der Waals surface area contributed by atoms with E-state index in [2.05, 4.69) is 55.0 Å². The molecular weight excluding hydrogens is 270 g/mol. The van der Waals surface area contributed by atoms with Crippen molar-refractivity contribution in [1.82, 2.24) is 15.1 Å². The molecule has 1 amide bonds. The topological polar surface area (TPSA) is 35.6 Å². The zero-order valence-corrected chi connectivity index (χ0v) is 13.5. The highest BCUT2D eigenvalue weighted by Crippen LogP contribution is 2.46. The van der Waals surface area contributed by atoms with E-state index in [0.29, 0.717) is 0 Å². The van der Waals surface area contributed by atoms with Crippen molar-refractivity contribution in [1.29, 1.82) is 0 Å². The molecule has 1 spiro atoms. The Morgan fingerprint density at radius 2 is 2.20 bits per heavy atom. The Hall–Kier alpha value is -0.910. The van der Waals surface area contributed by atoms with Crippen LogP contribution >= 0.6 is 11.3 Å². The minimum absolute atomic E-state index is 0.0357. The summed E-state index contributed by atoms with van der Waals surface area (Å²) in [6, 6.07) is 2.12. The van der Waals surface area contributed by atoms with Crippen LogP contribution in [0.25, 0.3) is 0 Å². The number of carbonyl (C=O) groups is 1. The molecule has 2 aliphatic rings. The second kappa shape index (κ2) is 4.55. The SMILES string of the molecule is CN(C)C(C)(C)CN1C(=O)C2(CC2)NC1c1ccsc1. The van der Waals surface area contributed by atoms with Gasteiger partial charge in [-0.15, -0.1) is 0 Å². The lowest BCUT2D eigenvalue weighted by molar-refractivity contribution is -0.132. The van der Waals surface area contributed by atoms with Crippen LogP contribution in [0.3, 0.4) is 0 Å². The van der Waals surface area contributed by atoms with E-state index >= 15 is 0 Å². The number of likely N-dealkylation sites (N-methyl/N-ethyl adjacent to an activating group) is 1. The normalized spacial score (nSPS) is 24.9. The second-order valence-corrected chi connectivity index (χ2v) is 7.61. The molecule has 1 aliphatic carbocycles. The Labute approximate surface area is 124 Å². The fourth-order valence-electron chi connectivity index (χ4n) is 2.69. The van der Waals surface area contributed by atoms with Crippen molar-refractivity contribution in [2.24, 2.45) is 0 Å². The van der Waals surface area contributed by atoms with Gasteiger partial charge in [-0.05, 0) is 63.2 Å². The van der Waals surface area contributed by atoms with Crippen molar-refractivity contribution in [2.45, 2.75) is 43.9 Å². The zero-order chi connectivity index (χ0) is 14.5. The number of amides is 1. The highest BCUT2D eigenvalue weighted by atomic mass is 32.1. The Balaban J connectivity index is 1.87. The molecule has 1 atom stereocenters. The van der Waals surface area contributed by atoms with Crippen molar-refractivity contribution in [2.75, 3.05) is 20.6 Å². The first-order chi connectivity index (χ1) is 9.36. The van der Waals surface area contributed by atoms with Crippen LogP contribution in [0.5, 0.6) is 0 Å². The molecule has 0 bridgehead atoms. The van der Waals surface area contributed by atoms with E-state index < -0.39 is 0 Å². The van der Waals surface area contributed by atoms with E-state index in [-0.39, 0.29) is 23.2 Å². The molecule has 1 aromatic rings. The monoisotopic (exact) mass is 293 g/mol. The van der Waals surface area contributed by atoms with E-state index in [1.165, 1.54) is 5.56 Å². The average Bonchev–Trinajstić information content (AvgIpc) is 2.86. The van der Waals surface area contributed by atoms with Crippen LogP contribution < -0.4 is 5.32 Å². The summed E-state index contributed by atoms with van der Waals surface area (Å²) in [5.74, 6) is 0.281. The fraction of sp³-hybridized carbons (Fsp3) is 0.667. The zero-order valence-electron chi connectivity index (χ0n) is 12.6. The molecule has 1 aliphatic heterocycles. The maximum absolute atomic E-state index is 12.7. The van der Waals surface area contributed by atoms with Gasteiger partial charge in [0.25, 0.3) is 0 Å². The number of hydrogen-bond acceptors (Lipinski definition) is 4. The van der Waals surface area contributed by atoms with Crippen LogP contribution in [-0.2, 0) is 4.79 Å². The van der Waals surface area contributed by atoms with Gasteiger partial charge in [0.05, 0.1) is 0 Å². The van der Waals surface area contributed by atoms with Gasteiger partial charge in [-0.3, -0.25) is 10.1 Å². The summed E-state index contributed by atoms with van der Waals surface area (Å²) in [5, 5.41) is 7.79. The van der Waals surface area contributed by atoms with Crippen LogP contribution in [0.15, 0.2) is 16.8 Å². The molecule has 4 nitrogen and oxygen atoms in total. The quantitative estimate of drug-likeness (QED) is 0.923. The third kappa shape index (κ3) is 2.18. The van der Waals surface area contributed by atoms with Gasteiger partial charge in [0.15, 0.2) is 0 Å². The molecule has 0 radical (unpaired) electrons. The van der Waals surface area contributed by atoms with Gasteiger partial charge in [0.2, 0.25) is 5.91 Å². The lowest BCUT2D eigenvalue weighted by Gasteiger charge is -2.38. The molecule has 1 saturated heterocycles.